The van der Waals surface area contributed by atoms with Crippen molar-refractivity contribution in [2.45, 2.75) is 57.7 Å². The van der Waals surface area contributed by atoms with Gasteiger partial charge in [0.2, 0.25) is 0 Å². The molecule has 2 aromatic heterocycles. The summed E-state index contributed by atoms with van der Waals surface area (Å²) < 4.78 is 14.2. The largest absolute Gasteiger partial charge is 0.490 e. The second-order valence-electron chi connectivity index (χ2n) is 11.8. The maximum Gasteiger partial charge on any atom is 0.174 e. The van der Waals surface area contributed by atoms with E-state index in [2.05, 4.69) is 94.2 Å². The summed E-state index contributed by atoms with van der Waals surface area (Å²) in [5.74, 6) is 0.922. The number of aromatic nitrogens is 2. The van der Waals surface area contributed by atoms with Gasteiger partial charge in [0.15, 0.2) is 5.11 Å². The summed E-state index contributed by atoms with van der Waals surface area (Å²) >= 11 is 6.01. The van der Waals surface area contributed by atoms with Crippen LogP contribution in [-0.2, 0) is 4.74 Å². The van der Waals surface area contributed by atoms with Crippen molar-refractivity contribution in [1.29, 1.82) is 0 Å². The molecule has 0 bridgehead atoms. The predicted octanol–water partition coefficient (Wildman–Crippen LogP) is 6.82. The lowest BCUT2D eigenvalue weighted by molar-refractivity contribution is 0.122. The third-order valence-corrected chi connectivity index (χ3v) is 9.41. The van der Waals surface area contributed by atoms with Gasteiger partial charge in [0.1, 0.15) is 5.75 Å². The Morgan fingerprint density at radius 3 is 2.28 bits per heavy atom. The monoisotopic (exact) mass is 593 g/mol. The van der Waals surface area contributed by atoms with Gasteiger partial charge < -0.3 is 29.2 Å². The number of anilines is 2. The smallest absolute Gasteiger partial charge is 0.174 e. The minimum absolute atomic E-state index is 0.0726. The molecular formula is C35H39N5O2S. The van der Waals surface area contributed by atoms with Gasteiger partial charge in [-0.15, -0.1) is 0 Å². The highest BCUT2D eigenvalue weighted by Crippen LogP contribution is 2.44. The number of nitrogens with one attached hydrogen (secondary N) is 1. The van der Waals surface area contributed by atoms with Crippen molar-refractivity contribution in [2.75, 3.05) is 36.1 Å². The van der Waals surface area contributed by atoms with E-state index >= 15 is 0 Å². The third kappa shape index (κ3) is 5.50. The molecule has 3 aliphatic rings. The van der Waals surface area contributed by atoms with Crippen LogP contribution in [0, 0.1) is 13.8 Å². The van der Waals surface area contributed by atoms with Crippen LogP contribution in [0.3, 0.4) is 0 Å². The van der Waals surface area contributed by atoms with Gasteiger partial charge in [-0.05, 0) is 124 Å². The summed E-state index contributed by atoms with van der Waals surface area (Å²) in [6.07, 6.45) is 6.97. The van der Waals surface area contributed by atoms with E-state index in [9.17, 15) is 0 Å². The lowest BCUT2D eigenvalue weighted by atomic mass is 9.96. The van der Waals surface area contributed by atoms with E-state index in [1.165, 1.54) is 35.5 Å². The Kier molecular flexibility index (Phi) is 7.80. The quantitative estimate of drug-likeness (QED) is 0.236. The molecular weight excluding hydrogens is 554 g/mol. The Bertz CT molecular complexity index is 1560. The van der Waals surface area contributed by atoms with Crippen LogP contribution in [0.5, 0.6) is 5.75 Å². The summed E-state index contributed by atoms with van der Waals surface area (Å²) in [5, 5.41) is 4.32. The van der Waals surface area contributed by atoms with Crippen LogP contribution in [0.4, 0.5) is 11.4 Å². The molecule has 222 valence electrons. The summed E-state index contributed by atoms with van der Waals surface area (Å²) in [5.41, 5.74) is 8.01. The standard InChI is InChI=1S/C35H39N5O2S/c1-24-23-31(25(2)39(24)27-12-10-26(11-13-27)38-19-21-41-22-20-38)34-33(32-9-5-6-18-36-32)37-35(43)40(34)28-14-16-30(17-15-28)42-29-7-3-4-8-29/h5-6,9-18,23,29,33-34H,3-4,7-8,19-22H2,1-2H3,(H,37,43)/t33-,34-/m0/s1. The molecule has 1 N–H and O–H groups in total. The Morgan fingerprint density at radius 1 is 0.884 bits per heavy atom. The first-order chi connectivity index (χ1) is 21.1. The molecule has 1 aliphatic carbocycles. The fraction of sp³-hybridized carbons (Fsp3) is 0.371. The summed E-state index contributed by atoms with van der Waals surface area (Å²) in [7, 11) is 0. The van der Waals surface area contributed by atoms with Gasteiger partial charge in [0.25, 0.3) is 0 Å². The number of morpholine rings is 1. The molecule has 0 unspecified atom stereocenters. The molecule has 7 nitrogen and oxygen atoms in total. The van der Waals surface area contributed by atoms with Crippen LogP contribution in [0.15, 0.2) is 79.0 Å². The van der Waals surface area contributed by atoms with E-state index in [0.29, 0.717) is 11.2 Å². The summed E-state index contributed by atoms with van der Waals surface area (Å²) in [6, 6.07) is 25.6. The maximum atomic E-state index is 6.27. The minimum atomic E-state index is -0.0965. The van der Waals surface area contributed by atoms with Crippen molar-refractivity contribution < 1.29 is 9.47 Å². The average molecular weight is 594 g/mol. The van der Waals surface area contributed by atoms with Gasteiger partial charge in [-0.3, -0.25) is 4.98 Å². The second kappa shape index (κ2) is 12.0. The number of ether oxygens (including phenoxy) is 2. The SMILES string of the molecule is Cc1cc([C@H]2[C@H](c3ccccn3)NC(=S)N2c2ccc(OC3CCCC3)cc2)c(C)n1-c1ccc(N2CCOCC2)cc1. The zero-order valence-electron chi connectivity index (χ0n) is 24.9. The van der Waals surface area contributed by atoms with E-state index in [4.69, 9.17) is 26.7 Å². The van der Waals surface area contributed by atoms with Gasteiger partial charge in [0.05, 0.1) is 37.1 Å². The molecule has 1 saturated carbocycles. The number of pyridine rings is 1. The molecule has 2 aliphatic heterocycles. The predicted molar refractivity (Wildman–Crippen MR) is 176 cm³/mol. The molecule has 2 aromatic carbocycles. The molecule has 8 heteroatoms. The summed E-state index contributed by atoms with van der Waals surface area (Å²) in [4.78, 5) is 9.39. The Balaban J connectivity index is 1.24. The maximum absolute atomic E-state index is 6.27. The molecule has 2 atom stereocenters. The van der Waals surface area contributed by atoms with Crippen LogP contribution in [-0.4, -0.2) is 47.1 Å². The van der Waals surface area contributed by atoms with Gasteiger partial charge in [-0.1, -0.05) is 6.07 Å². The number of hydrogen-bond acceptors (Lipinski definition) is 5. The number of rotatable bonds is 7. The minimum Gasteiger partial charge on any atom is -0.490 e. The van der Waals surface area contributed by atoms with Crippen LogP contribution >= 0.6 is 12.2 Å². The highest BCUT2D eigenvalue weighted by molar-refractivity contribution is 7.80. The van der Waals surface area contributed by atoms with Crippen LogP contribution in [0.1, 0.15) is 60.4 Å². The van der Waals surface area contributed by atoms with Crippen molar-refractivity contribution in [1.82, 2.24) is 14.9 Å². The van der Waals surface area contributed by atoms with Crippen LogP contribution in [0.2, 0.25) is 0 Å². The lowest BCUT2D eigenvalue weighted by Gasteiger charge is -2.29. The molecule has 4 heterocycles. The number of nitrogens with zero attached hydrogens (tertiary/aromatic N) is 4. The first-order valence-corrected chi connectivity index (χ1v) is 15.9. The molecule has 0 spiro atoms. The van der Waals surface area contributed by atoms with E-state index in [1.54, 1.807) is 0 Å². The highest BCUT2D eigenvalue weighted by Gasteiger charge is 2.42. The second-order valence-corrected chi connectivity index (χ2v) is 12.2. The van der Waals surface area contributed by atoms with E-state index in [-0.39, 0.29) is 12.1 Å². The fourth-order valence-electron chi connectivity index (χ4n) is 6.95. The van der Waals surface area contributed by atoms with Crippen molar-refractivity contribution in [3.05, 3.63) is 102 Å². The fourth-order valence-corrected chi connectivity index (χ4v) is 7.30. The van der Waals surface area contributed by atoms with E-state index in [1.807, 2.05) is 18.3 Å². The van der Waals surface area contributed by atoms with Gasteiger partial charge in [-0.25, -0.2) is 0 Å². The third-order valence-electron chi connectivity index (χ3n) is 9.09. The topological polar surface area (TPSA) is 54.8 Å². The van der Waals surface area contributed by atoms with Crippen molar-refractivity contribution in [3.8, 4) is 11.4 Å². The average Bonchev–Trinajstić information content (AvgIpc) is 3.76. The van der Waals surface area contributed by atoms with Crippen molar-refractivity contribution in [2.24, 2.45) is 0 Å². The Labute approximate surface area is 259 Å². The Hall–Kier alpha value is -3.88. The number of aryl methyl sites for hydroxylation is 1. The molecule has 0 amide bonds. The number of hydrogen-bond donors (Lipinski definition) is 1. The number of benzene rings is 2. The van der Waals surface area contributed by atoms with Crippen LogP contribution < -0.4 is 19.9 Å². The zero-order valence-corrected chi connectivity index (χ0v) is 25.7. The van der Waals surface area contributed by atoms with Crippen molar-refractivity contribution in [3.63, 3.8) is 0 Å². The molecule has 7 rings (SSSR count). The zero-order chi connectivity index (χ0) is 29.3. The molecule has 4 aromatic rings. The highest BCUT2D eigenvalue weighted by atomic mass is 32.1. The molecule has 3 fully saturated rings. The van der Waals surface area contributed by atoms with E-state index in [0.717, 1.165) is 62.0 Å². The lowest BCUT2D eigenvalue weighted by Crippen LogP contribution is -2.36. The first kappa shape index (κ1) is 27.9. The van der Waals surface area contributed by atoms with Gasteiger partial charge >= 0.3 is 0 Å². The summed E-state index contributed by atoms with van der Waals surface area (Å²) in [6.45, 7) is 7.81. The van der Waals surface area contributed by atoms with Gasteiger partial charge in [-0.2, -0.15) is 0 Å². The van der Waals surface area contributed by atoms with Gasteiger partial charge in [0, 0.05) is 47.7 Å². The first-order valence-electron chi connectivity index (χ1n) is 15.5. The molecule has 2 saturated heterocycles. The molecule has 0 radical (unpaired) electrons. The number of thiocarbonyl (C=S) groups is 1. The van der Waals surface area contributed by atoms with E-state index < -0.39 is 0 Å². The van der Waals surface area contributed by atoms with Crippen LogP contribution in [0.25, 0.3) is 5.69 Å². The Morgan fingerprint density at radius 2 is 1.58 bits per heavy atom. The normalized spacial score (nSPS) is 20.9. The van der Waals surface area contributed by atoms with Crippen molar-refractivity contribution >= 4 is 28.7 Å². The molecule has 43 heavy (non-hydrogen) atoms.